The maximum Gasteiger partial charge on any atom is 0.262 e. The molecule has 0 spiro atoms. The monoisotopic (exact) mass is 411 g/mol. The minimum absolute atomic E-state index is 0.144. The average Bonchev–Trinajstić information content (AvgIpc) is 2.82. The number of fused-ring (bicyclic) bond motifs is 2. The van der Waals surface area contributed by atoms with Crippen molar-refractivity contribution in [3.63, 3.8) is 0 Å². The molecule has 0 bridgehead atoms. The van der Waals surface area contributed by atoms with Crippen molar-refractivity contribution in [2.24, 2.45) is 0 Å². The molecule has 2 heterocycles. The first-order chi connectivity index (χ1) is 15.0. The predicted octanol–water partition coefficient (Wildman–Crippen LogP) is 2.85. The summed E-state index contributed by atoms with van der Waals surface area (Å²) in [6, 6.07) is 24.6. The number of aliphatic hydroxyl groups is 1. The van der Waals surface area contributed by atoms with Crippen LogP contribution in [0.5, 0.6) is 0 Å². The standard InChI is InChI=1S/C25H21N3O3/c1-27-23(30)21(16-17-10-4-2-5-11-17)28-22(29)19-14-8-9-15-20(19)26-24(28)25(27,31)18-12-6-3-7-13-18/h2-15,21,31H,16H2,1H3/t21-,25+/m0/s1. The first kappa shape index (κ1) is 19.2. The molecule has 1 aromatic heterocycles. The van der Waals surface area contributed by atoms with Crippen molar-refractivity contribution in [1.82, 2.24) is 14.5 Å². The van der Waals surface area contributed by atoms with Gasteiger partial charge in [-0.25, -0.2) is 4.98 Å². The van der Waals surface area contributed by atoms with E-state index in [0.717, 1.165) is 5.56 Å². The highest BCUT2D eigenvalue weighted by Gasteiger charge is 2.50. The number of aromatic nitrogens is 2. The van der Waals surface area contributed by atoms with Gasteiger partial charge >= 0.3 is 0 Å². The molecule has 0 aliphatic carbocycles. The van der Waals surface area contributed by atoms with E-state index >= 15 is 0 Å². The van der Waals surface area contributed by atoms with Crippen LogP contribution in [-0.4, -0.2) is 32.5 Å². The molecule has 0 saturated heterocycles. The maximum absolute atomic E-state index is 13.6. The summed E-state index contributed by atoms with van der Waals surface area (Å²) in [4.78, 5) is 33.1. The zero-order valence-electron chi connectivity index (χ0n) is 17.0. The predicted molar refractivity (Wildman–Crippen MR) is 117 cm³/mol. The Balaban J connectivity index is 1.82. The van der Waals surface area contributed by atoms with E-state index in [1.54, 1.807) is 55.6 Å². The fourth-order valence-corrected chi connectivity index (χ4v) is 4.33. The average molecular weight is 411 g/mol. The lowest BCUT2D eigenvalue weighted by Crippen LogP contribution is -2.59. The summed E-state index contributed by atoms with van der Waals surface area (Å²) in [7, 11) is 1.55. The Morgan fingerprint density at radius 3 is 2.23 bits per heavy atom. The molecule has 0 radical (unpaired) electrons. The second-order valence-electron chi connectivity index (χ2n) is 7.77. The highest BCUT2D eigenvalue weighted by atomic mass is 16.3. The number of carbonyl (C=O) groups excluding carboxylic acids is 1. The van der Waals surface area contributed by atoms with Crippen LogP contribution in [0.1, 0.15) is 23.0 Å². The van der Waals surface area contributed by atoms with E-state index in [1.807, 2.05) is 36.4 Å². The van der Waals surface area contributed by atoms with Crippen LogP contribution >= 0.6 is 0 Å². The third-order valence-electron chi connectivity index (χ3n) is 5.98. The Morgan fingerprint density at radius 1 is 0.903 bits per heavy atom. The van der Waals surface area contributed by atoms with Crippen LogP contribution in [0.3, 0.4) is 0 Å². The Labute approximate surface area is 179 Å². The van der Waals surface area contributed by atoms with Gasteiger partial charge in [-0.2, -0.15) is 0 Å². The Kier molecular flexibility index (Phi) is 4.45. The molecule has 6 heteroatoms. The number of para-hydroxylation sites is 1. The maximum atomic E-state index is 13.6. The summed E-state index contributed by atoms with van der Waals surface area (Å²) in [6.07, 6.45) is 0.321. The van der Waals surface area contributed by atoms with Gasteiger partial charge in [0.25, 0.3) is 5.56 Å². The molecular weight excluding hydrogens is 390 g/mol. The zero-order chi connectivity index (χ0) is 21.6. The molecule has 1 N–H and O–H groups in total. The number of hydrogen-bond donors (Lipinski definition) is 1. The van der Waals surface area contributed by atoms with Crippen molar-refractivity contribution in [2.45, 2.75) is 18.2 Å². The highest BCUT2D eigenvalue weighted by molar-refractivity contribution is 5.85. The molecule has 154 valence electrons. The van der Waals surface area contributed by atoms with E-state index in [4.69, 9.17) is 4.98 Å². The van der Waals surface area contributed by atoms with Gasteiger partial charge in [0.2, 0.25) is 11.6 Å². The van der Waals surface area contributed by atoms with Crippen molar-refractivity contribution in [1.29, 1.82) is 0 Å². The topological polar surface area (TPSA) is 75.4 Å². The lowest BCUT2D eigenvalue weighted by Gasteiger charge is -2.44. The van der Waals surface area contributed by atoms with Crippen molar-refractivity contribution < 1.29 is 9.90 Å². The van der Waals surface area contributed by atoms with E-state index in [2.05, 4.69) is 0 Å². The molecule has 0 saturated carbocycles. The lowest BCUT2D eigenvalue weighted by molar-refractivity contribution is -0.162. The molecule has 1 amide bonds. The van der Waals surface area contributed by atoms with E-state index in [0.29, 0.717) is 22.9 Å². The quantitative estimate of drug-likeness (QED) is 0.563. The molecule has 6 nitrogen and oxygen atoms in total. The fraction of sp³-hybridized carbons (Fsp3) is 0.160. The minimum Gasteiger partial charge on any atom is -0.361 e. The first-order valence-electron chi connectivity index (χ1n) is 10.1. The van der Waals surface area contributed by atoms with Crippen LogP contribution in [0.25, 0.3) is 10.9 Å². The van der Waals surface area contributed by atoms with Crippen LogP contribution in [0.4, 0.5) is 0 Å². The highest BCUT2D eigenvalue weighted by Crippen LogP contribution is 2.38. The number of carbonyl (C=O) groups is 1. The summed E-state index contributed by atoms with van der Waals surface area (Å²) in [5.41, 5.74) is -0.327. The number of rotatable bonds is 3. The van der Waals surface area contributed by atoms with Gasteiger partial charge in [-0.15, -0.1) is 0 Å². The molecule has 4 aromatic rings. The minimum atomic E-state index is -1.87. The number of nitrogens with zero attached hydrogens (tertiary/aromatic N) is 3. The van der Waals surface area contributed by atoms with Gasteiger partial charge < -0.3 is 10.0 Å². The normalized spacial score (nSPS) is 20.6. The summed E-state index contributed by atoms with van der Waals surface area (Å²) >= 11 is 0. The molecule has 2 atom stereocenters. The van der Waals surface area contributed by atoms with Gasteiger partial charge in [-0.05, 0) is 17.7 Å². The Hall–Kier alpha value is -3.77. The lowest BCUT2D eigenvalue weighted by atomic mass is 9.93. The molecule has 5 rings (SSSR count). The summed E-state index contributed by atoms with van der Waals surface area (Å²) in [5, 5.41) is 12.3. The van der Waals surface area contributed by atoms with Gasteiger partial charge in [0.15, 0.2) is 5.82 Å². The molecule has 0 fully saturated rings. The third-order valence-corrected chi connectivity index (χ3v) is 5.98. The van der Waals surface area contributed by atoms with Crippen LogP contribution in [0.15, 0.2) is 89.7 Å². The molecule has 1 aliphatic rings. The van der Waals surface area contributed by atoms with Gasteiger partial charge in [0.1, 0.15) is 6.04 Å². The van der Waals surface area contributed by atoms with E-state index in [1.165, 1.54) is 9.47 Å². The third kappa shape index (κ3) is 2.87. The van der Waals surface area contributed by atoms with E-state index < -0.39 is 11.8 Å². The van der Waals surface area contributed by atoms with Crippen LogP contribution in [0.2, 0.25) is 0 Å². The largest absolute Gasteiger partial charge is 0.361 e. The van der Waals surface area contributed by atoms with E-state index in [9.17, 15) is 14.7 Å². The number of benzene rings is 3. The van der Waals surface area contributed by atoms with Crippen molar-refractivity contribution >= 4 is 16.8 Å². The molecule has 31 heavy (non-hydrogen) atoms. The van der Waals surface area contributed by atoms with Crippen LogP contribution in [-0.2, 0) is 16.9 Å². The Morgan fingerprint density at radius 2 is 1.52 bits per heavy atom. The smallest absolute Gasteiger partial charge is 0.262 e. The van der Waals surface area contributed by atoms with Crippen LogP contribution in [0, 0.1) is 0 Å². The van der Waals surface area contributed by atoms with Crippen molar-refractivity contribution in [3.05, 3.63) is 112 Å². The fourth-order valence-electron chi connectivity index (χ4n) is 4.33. The van der Waals surface area contributed by atoms with E-state index in [-0.39, 0.29) is 17.3 Å². The van der Waals surface area contributed by atoms with Gasteiger partial charge in [0.05, 0.1) is 10.9 Å². The molecule has 3 aromatic carbocycles. The second-order valence-corrected chi connectivity index (χ2v) is 7.77. The first-order valence-corrected chi connectivity index (χ1v) is 10.1. The second kappa shape index (κ2) is 7.18. The zero-order valence-corrected chi connectivity index (χ0v) is 17.0. The van der Waals surface area contributed by atoms with Gasteiger partial charge in [0, 0.05) is 19.0 Å². The number of likely N-dealkylation sites (N-methyl/N-ethyl adjacent to an activating group) is 1. The Bertz CT molecular complexity index is 1330. The molecule has 1 aliphatic heterocycles. The van der Waals surface area contributed by atoms with Gasteiger partial charge in [-0.3, -0.25) is 14.2 Å². The molecular formula is C25H21N3O3. The summed E-state index contributed by atoms with van der Waals surface area (Å²) in [6.45, 7) is 0. The number of amides is 1. The number of hydrogen-bond acceptors (Lipinski definition) is 4. The summed E-state index contributed by atoms with van der Waals surface area (Å²) in [5.74, 6) is -0.202. The summed E-state index contributed by atoms with van der Waals surface area (Å²) < 4.78 is 1.38. The van der Waals surface area contributed by atoms with Gasteiger partial charge in [-0.1, -0.05) is 72.8 Å². The van der Waals surface area contributed by atoms with Crippen LogP contribution < -0.4 is 5.56 Å². The van der Waals surface area contributed by atoms with Crippen molar-refractivity contribution in [3.8, 4) is 0 Å². The SMILES string of the molecule is CN1C(=O)[C@H](Cc2ccccc2)n2c(nc3ccccc3c2=O)[C@]1(O)c1ccccc1. The van der Waals surface area contributed by atoms with Crippen molar-refractivity contribution in [2.75, 3.05) is 7.05 Å². The molecule has 0 unspecified atom stereocenters.